The number of hydrogen-bond acceptors (Lipinski definition) is 5. The van der Waals surface area contributed by atoms with E-state index in [1.807, 2.05) is 6.92 Å². The van der Waals surface area contributed by atoms with Gasteiger partial charge in [-0.05, 0) is 19.8 Å². The first-order valence-electron chi connectivity index (χ1n) is 6.28. The zero-order chi connectivity index (χ0) is 15.8. The number of hydrogen-bond donors (Lipinski definition) is 4. The molecule has 2 amide bonds. The predicted molar refractivity (Wildman–Crippen MR) is 75.1 cm³/mol. The fourth-order valence-electron chi connectivity index (χ4n) is 1.58. The van der Waals surface area contributed by atoms with Crippen LogP contribution in [0.1, 0.15) is 29.8 Å². The average Bonchev–Trinajstić information content (AvgIpc) is 2.80. The second-order valence-electron chi connectivity index (χ2n) is 4.36. The van der Waals surface area contributed by atoms with Gasteiger partial charge in [-0.3, -0.25) is 4.79 Å². The molecule has 0 saturated heterocycles. The van der Waals surface area contributed by atoms with Gasteiger partial charge in [-0.1, -0.05) is 0 Å². The summed E-state index contributed by atoms with van der Waals surface area (Å²) in [5.74, 6) is -2.19. The van der Waals surface area contributed by atoms with Crippen LogP contribution in [0.2, 0.25) is 0 Å². The molecule has 1 rings (SSSR count). The summed E-state index contributed by atoms with van der Waals surface area (Å²) >= 11 is 1.40. The minimum atomic E-state index is -1.19. The van der Waals surface area contributed by atoms with Crippen LogP contribution in [0.5, 0.6) is 0 Å². The molecule has 0 bridgehead atoms. The highest BCUT2D eigenvalue weighted by Gasteiger charge is 2.19. The molecule has 4 N–H and O–H groups in total. The minimum absolute atomic E-state index is 0.0641. The first kappa shape index (κ1) is 16.9. The molecular weight excluding hydrogens is 298 g/mol. The van der Waals surface area contributed by atoms with Crippen LogP contribution in [0, 0.1) is 6.92 Å². The largest absolute Gasteiger partial charge is 0.481 e. The summed E-state index contributed by atoms with van der Waals surface area (Å²) in [6, 6.07) is -1.71. The van der Waals surface area contributed by atoms with Crippen molar-refractivity contribution in [3.8, 4) is 0 Å². The number of carbonyl (C=O) groups is 3. The number of carboxylic acid groups (broad SMARTS) is 2. The SMILES string of the molecule is Cc1ncsc1CNC(=O)N[C@H](CCCC(=O)O)C(=O)O. The normalized spacial score (nSPS) is 11.7. The van der Waals surface area contributed by atoms with Gasteiger partial charge < -0.3 is 20.8 Å². The lowest BCUT2D eigenvalue weighted by Crippen LogP contribution is -2.45. The minimum Gasteiger partial charge on any atom is -0.481 e. The van der Waals surface area contributed by atoms with Gasteiger partial charge in [-0.15, -0.1) is 11.3 Å². The van der Waals surface area contributed by atoms with Gasteiger partial charge in [0.05, 0.1) is 17.7 Å². The van der Waals surface area contributed by atoms with Crippen molar-refractivity contribution in [1.29, 1.82) is 0 Å². The van der Waals surface area contributed by atoms with Crippen molar-refractivity contribution >= 4 is 29.3 Å². The molecule has 0 aliphatic rings. The first-order chi connectivity index (χ1) is 9.90. The molecule has 0 radical (unpaired) electrons. The van der Waals surface area contributed by atoms with Gasteiger partial charge in [-0.2, -0.15) is 0 Å². The van der Waals surface area contributed by atoms with Crippen molar-refractivity contribution in [1.82, 2.24) is 15.6 Å². The van der Waals surface area contributed by atoms with E-state index in [1.165, 1.54) is 11.3 Å². The number of rotatable bonds is 8. The van der Waals surface area contributed by atoms with Crippen LogP contribution in [0.3, 0.4) is 0 Å². The van der Waals surface area contributed by atoms with E-state index >= 15 is 0 Å². The molecule has 9 heteroatoms. The lowest BCUT2D eigenvalue weighted by atomic mass is 10.1. The topological polar surface area (TPSA) is 129 Å². The number of nitrogens with one attached hydrogen (secondary N) is 2. The van der Waals surface area contributed by atoms with Crippen LogP contribution in [0.15, 0.2) is 5.51 Å². The summed E-state index contributed by atoms with van der Waals surface area (Å²) in [5.41, 5.74) is 2.48. The van der Waals surface area contributed by atoms with Gasteiger partial charge in [0.25, 0.3) is 0 Å². The van der Waals surface area contributed by atoms with Crippen molar-refractivity contribution in [2.45, 2.75) is 38.8 Å². The Morgan fingerprint density at radius 3 is 2.62 bits per heavy atom. The predicted octanol–water partition coefficient (Wildman–Crippen LogP) is 0.959. The van der Waals surface area contributed by atoms with Crippen LogP contribution >= 0.6 is 11.3 Å². The van der Waals surface area contributed by atoms with E-state index < -0.39 is 24.0 Å². The van der Waals surface area contributed by atoms with Crippen LogP contribution in [0.25, 0.3) is 0 Å². The maximum Gasteiger partial charge on any atom is 0.326 e. The highest BCUT2D eigenvalue weighted by Crippen LogP contribution is 2.11. The summed E-state index contributed by atoms with van der Waals surface area (Å²) in [4.78, 5) is 38.0. The standard InChI is InChI=1S/C12H17N3O5S/c1-7-9(21-6-14-7)5-13-12(20)15-8(11(18)19)3-2-4-10(16)17/h6,8H,2-5H2,1H3,(H,16,17)(H,18,19)(H2,13,15,20)/t8-/m1/s1. The second kappa shape index (κ2) is 8.20. The molecule has 1 heterocycles. The van der Waals surface area contributed by atoms with E-state index in [2.05, 4.69) is 15.6 Å². The Morgan fingerprint density at radius 2 is 2.10 bits per heavy atom. The second-order valence-corrected chi connectivity index (χ2v) is 5.30. The van der Waals surface area contributed by atoms with Gasteiger partial charge in [0.2, 0.25) is 0 Å². The van der Waals surface area contributed by atoms with E-state index in [9.17, 15) is 14.4 Å². The summed E-state index contributed by atoms with van der Waals surface area (Å²) < 4.78 is 0. The monoisotopic (exact) mass is 315 g/mol. The lowest BCUT2D eigenvalue weighted by molar-refractivity contribution is -0.140. The number of aliphatic carboxylic acids is 2. The molecule has 0 spiro atoms. The van der Waals surface area contributed by atoms with Crippen molar-refractivity contribution < 1.29 is 24.6 Å². The van der Waals surface area contributed by atoms with E-state index in [1.54, 1.807) is 5.51 Å². The molecule has 0 unspecified atom stereocenters. The first-order valence-corrected chi connectivity index (χ1v) is 7.16. The zero-order valence-electron chi connectivity index (χ0n) is 11.5. The molecule has 116 valence electrons. The Balaban J connectivity index is 2.39. The van der Waals surface area contributed by atoms with Gasteiger partial charge in [0.15, 0.2) is 0 Å². The number of carboxylic acids is 2. The molecule has 0 aliphatic heterocycles. The maximum absolute atomic E-state index is 11.6. The lowest BCUT2D eigenvalue weighted by Gasteiger charge is -2.14. The Hall–Kier alpha value is -2.16. The molecule has 21 heavy (non-hydrogen) atoms. The number of nitrogens with zero attached hydrogens (tertiary/aromatic N) is 1. The van der Waals surface area contributed by atoms with Crippen molar-refractivity contribution in [2.75, 3.05) is 0 Å². The van der Waals surface area contributed by atoms with E-state index in [4.69, 9.17) is 10.2 Å². The molecular formula is C12H17N3O5S. The third kappa shape index (κ3) is 6.21. The smallest absolute Gasteiger partial charge is 0.326 e. The molecule has 1 atom stereocenters. The Labute approximate surface area is 125 Å². The van der Waals surface area contributed by atoms with Crippen molar-refractivity contribution in [3.63, 3.8) is 0 Å². The fourth-order valence-corrected chi connectivity index (χ4v) is 2.30. The zero-order valence-corrected chi connectivity index (χ0v) is 12.3. The average molecular weight is 315 g/mol. The summed E-state index contributed by atoms with van der Waals surface area (Å²) in [5, 5.41) is 22.4. The van der Waals surface area contributed by atoms with Crippen molar-refractivity contribution in [2.24, 2.45) is 0 Å². The van der Waals surface area contributed by atoms with Gasteiger partial charge in [0, 0.05) is 11.3 Å². The number of aromatic nitrogens is 1. The quantitative estimate of drug-likeness (QED) is 0.565. The molecule has 1 aromatic rings. The highest BCUT2D eigenvalue weighted by atomic mass is 32.1. The van der Waals surface area contributed by atoms with Gasteiger partial charge in [-0.25, -0.2) is 14.6 Å². The number of carbonyl (C=O) groups excluding carboxylic acids is 1. The molecule has 1 aromatic heterocycles. The Kier molecular flexibility index (Phi) is 6.60. The summed E-state index contributed by atoms with van der Waals surface area (Å²) in [7, 11) is 0. The fraction of sp³-hybridized carbons (Fsp3) is 0.500. The third-order valence-electron chi connectivity index (χ3n) is 2.74. The number of urea groups is 1. The van der Waals surface area contributed by atoms with Crippen LogP contribution in [-0.2, 0) is 16.1 Å². The summed E-state index contributed by atoms with van der Waals surface area (Å²) in [6.07, 6.45) is 0.113. The Bertz CT molecular complexity index is 517. The number of amides is 2. The molecule has 8 nitrogen and oxygen atoms in total. The molecule has 0 fully saturated rings. The van der Waals surface area contributed by atoms with E-state index in [0.717, 1.165) is 10.6 Å². The Morgan fingerprint density at radius 1 is 1.38 bits per heavy atom. The highest BCUT2D eigenvalue weighted by molar-refractivity contribution is 7.09. The van der Waals surface area contributed by atoms with E-state index in [-0.39, 0.29) is 25.8 Å². The van der Waals surface area contributed by atoms with E-state index in [0.29, 0.717) is 0 Å². The number of thiazole rings is 1. The van der Waals surface area contributed by atoms with Crippen molar-refractivity contribution in [3.05, 3.63) is 16.1 Å². The molecule has 0 aliphatic carbocycles. The third-order valence-corrected chi connectivity index (χ3v) is 3.68. The molecule has 0 saturated carbocycles. The summed E-state index contributed by atoms with van der Waals surface area (Å²) in [6.45, 7) is 2.08. The van der Waals surface area contributed by atoms with Crippen LogP contribution in [0.4, 0.5) is 4.79 Å². The number of aryl methyl sites for hydroxylation is 1. The van der Waals surface area contributed by atoms with Gasteiger partial charge >= 0.3 is 18.0 Å². The maximum atomic E-state index is 11.6. The van der Waals surface area contributed by atoms with Crippen LogP contribution < -0.4 is 10.6 Å². The van der Waals surface area contributed by atoms with Gasteiger partial charge in [0.1, 0.15) is 6.04 Å². The molecule has 0 aromatic carbocycles. The van der Waals surface area contributed by atoms with Crippen LogP contribution in [-0.4, -0.2) is 39.2 Å².